The van der Waals surface area contributed by atoms with Crippen molar-refractivity contribution in [1.29, 1.82) is 0 Å². The lowest BCUT2D eigenvalue weighted by molar-refractivity contribution is -0.309. The molecule has 0 saturated carbocycles. The predicted molar refractivity (Wildman–Crippen MR) is 34.0 cm³/mol. The average Bonchev–Trinajstić information content (AvgIpc) is 1.97. The highest BCUT2D eigenvalue weighted by atomic mass is 32.2. The topological polar surface area (TPSA) is 91.7 Å². The van der Waals surface area contributed by atoms with Gasteiger partial charge in [0.2, 0.25) is 0 Å². The fraction of sp³-hybridized carbons (Fsp3) is 0.750. The second-order valence-corrected chi connectivity index (χ2v) is 3.96. The Morgan fingerprint density at radius 2 is 1.31 bits per heavy atom. The Hall–Kier alpha value is -1.04. The predicted octanol–water partition coefficient (Wildman–Crippen LogP) is 0.822. The van der Waals surface area contributed by atoms with Gasteiger partial charge in [0.05, 0.1) is 0 Å². The van der Waals surface area contributed by atoms with E-state index in [1.54, 1.807) is 0 Å². The van der Waals surface area contributed by atoms with Crippen LogP contribution >= 0.6 is 0 Å². The van der Waals surface area contributed by atoms with Crippen LogP contribution in [0.3, 0.4) is 0 Å². The summed E-state index contributed by atoms with van der Waals surface area (Å²) in [6.07, 6.45) is -6.81. The molecule has 2 N–H and O–H groups in total. The normalized spacial score (nSPS) is 17.9. The highest BCUT2D eigenvalue weighted by Crippen LogP contribution is 2.47. The number of alkyl halides is 6. The average molecular weight is 276 g/mol. The van der Waals surface area contributed by atoms with Crippen molar-refractivity contribution in [1.82, 2.24) is 0 Å². The Morgan fingerprint density at radius 3 is 1.38 bits per heavy atom. The van der Waals surface area contributed by atoms with Crippen LogP contribution in [0.4, 0.5) is 26.3 Å². The Balaban J connectivity index is 6.07. The number of aliphatic carboxylic acids is 1. The van der Waals surface area contributed by atoms with Crippen molar-refractivity contribution in [3.8, 4) is 0 Å². The molecule has 0 spiro atoms. The monoisotopic (exact) mass is 276 g/mol. The lowest BCUT2D eigenvalue weighted by Crippen LogP contribution is -2.62. The zero-order valence-corrected chi connectivity index (χ0v) is 7.61. The quantitative estimate of drug-likeness (QED) is 0.588. The molecule has 0 heterocycles. The van der Waals surface area contributed by atoms with E-state index in [4.69, 9.17) is 9.66 Å². The van der Waals surface area contributed by atoms with E-state index in [9.17, 15) is 39.6 Å². The molecule has 16 heavy (non-hydrogen) atoms. The molecule has 1 unspecified atom stereocenters. The summed E-state index contributed by atoms with van der Waals surface area (Å²) in [4.78, 5) is 9.87. The minimum Gasteiger partial charge on any atom is -0.478 e. The third-order valence-electron chi connectivity index (χ3n) is 1.39. The zero-order chi connectivity index (χ0) is 13.6. The molecule has 0 fully saturated rings. The van der Waals surface area contributed by atoms with Crippen molar-refractivity contribution in [2.75, 3.05) is 0 Å². The van der Waals surface area contributed by atoms with E-state index in [1.807, 2.05) is 0 Å². The molecule has 0 rings (SSSR count). The molecule has 0 saturated heterocycles. The molecule has 5 nitrogen and oxygen atoms in total. The molecule has 0 aliphatic carbocycles. The van der Waals surface area contributed by atoms with Gasteiger partial charge in [-0.1, -0.05) is 0 Å². The zero-order valence-electron chi connectivity index (χ0n) is 6.80. The summed E-state index contributed by atoms with van der Waals surface area (Å²) in [5, 5.41) is 1.58. The lowest BCUT2D eigenvalue weighted by atomic mass is 10.2. The maximum absolute atomic E-state index is 12.8. The van der Waals surface area contributed by atoms with Gasteiger partial charge >= 0.3 is 33.2 Å². The van der Waals surface area contributed by atoms with Gasteiger partial charge in [0.15, 0.2) is 0 Å². The van der Waals surface area contributed by atoms with Crippen molar-refractivity contribution in [3.05, 3.63) is 0 Å². The second-order valence-electron chi connectivity index (χ2n) is 2.45. The van der Waals surface area contributed by atoms with Gasteiger partial charge < -0.3 is 5.11 Å². The van der Waals surface area contributed by atoms with Gasteiger partial charge in [-0.25, -0.2) is 9.18 Å². The molecule has 96 valence electrons. The van der Waals surface area contributed by atoms with E-state index < -0.39 is 33.2 Å². The summed E-state index contributed by atoms with van der Waals surface area (Å²) in [5.41, 5.74) is 0. The molecule has 0 aliphatic heterocycles. The smallest absolute Gasteiger partial charge is 0.458 e. The number of carboxylic acids is 1. The minimum atomic E-state index is -6.84. The second kappa shape index (κ2) is 3.48. The van der Waals surface area contributed by atoms with Crippen LogP contribution < -0.4 is 0 Å². The molecular formula is C4H2F6O5S. The van der Waals surface area contributed by atoms with E-state index in [0.717, 1.165) is 0 Å². The van der Waals surface area contributed by atoms with Crippen molar-refractivity contribution in [2.24, 2.45) is 0 Å². The molecule has 0 aliphatic rings. The number of carboxylic acid groups (broad SMARTS) is 1. The highest BCUT2D eigenvalue weighted by Gasteiger charge is 2.81. The van der Waals surface area contributed by atoms with Gasteiger partial charge in [-0.15, -0.1) is 0 Å². The highest BCUT2D eigenvalue weighted by molar-refractivity contribution is 7.88. The summed E-state index contributed by atoms with van der Waals surface area (Å²) >= 11 is 0. The van der Waals surface area contributed by atoms with Gasteiger partial charge in [0.25, 0.3) is 0 Å². The first kappa shape index (κ1) is 15.0. The molecule has 0 aromatic rings. The van der Waals surface area contributed by atoms with Crippen LogP contribution in [0, 0.1) is 0 Å². The third kappa shape index (κ3) is 1.81. The molecule has 0 aromatic heterocycles. The maximum atomic E-state index is 12.8. The summed E-state index contributed by atoms with van der Waals surface area (Å²) in [6.45, 7) is 0. The van der Waals surface area contributed by atoms with Gasteiger partial charge in [-0.05, 0) is 0 Å². The summed E-state index contributed by atoms with van der Waals surface area (Å²) in [7, 11) is -6.84. The fourth-order valence-corrected chi connectivity index (χ4v) is 1.25. The van der Waals surface area contributed by atoms with Gasteiger partial charge in [0, 0.05) is 0 Å². The number of hydrogen-bond acceptors (Lipinski definition) is 3. The summed E-state index contributed by atoms with van der Waals surface area (Å²) in [6, 6.07) is 0. The molecule has 0 aromatic carbocycles. The van der Waals surface area contributed by atoms with E-state index in [1.165, 1.54) is 0 Å². The first-order chi connectivity index (χ1) is 6.69. The van der Waals surface area contributed by atoms with Gasteiger partial charge in [-0.2, -0.15) is 30.4 Å². The molecule has 1 atom stereocenters. The Bertz CT molecular complexity index is 398. The third-order valence-corrected chi connectivity index (χ3v) is 2.53. The van der Waals surface area contributed by atoms with Crippen LogP contribution in [0.25, 0.3) is 0 Å². The Kier molecular flexibility index (Phi) is 3.25. The maximum Gasteiger partial charge on any atom is 0.458 e. The fourth-order valence-electron chi connectivity index (χ4n) is 0.589. The minimum absolute atomic E-state index is 3.68. The van der Waals surface area contributed by atoms with Crippen LogP contribution in [-0.4, -0.2) is 41.1 Å². The molecular weight excluding hydrogens is 274 g/mol. The number of rotatable bonds is 3. The lowest BCUT2D eigenvalue weighted by Gasteiger charge is -2.28. The molecule has 0 bridgehead atoms. The summed E-state index contributed by atoms with van der Waals surface area (Å²) < 4.78 is 100. The Morgan fingerprint density at radius 1 is 1.00 bits per heavy atom. The molecule has 12 heteroatoms. The number of carbonyl (C=O) groups is 1. The first-order valence-electron chi connectivity index (χ1n) is 3.03. The van der Waals surface area contributed by atoms with Gasteiger partial charge in [-0.3, -0.25) is 4.55 Å². The van der Waals surface area contributed by atoms with E-state index in [-0.39, 0.29) is 0 Å². The van der Waals surface area contributed by atoms with Crippen LogP contribution in [0.1, 0.15) is 0 Å². The van der Waals surface area contributed by atoms with Crippen LogP contribution in [0.15, 0.2) is 0 Å². The molecule has 0 amide bonds. The number of hydrogen-bond donors (Lipinski definition) is 2. The standard InChI is InChI=1S/C4H2F6O5S/c5-2(1(11)12,16(13,14)15)3(6,7)4(8,9)10/h(H,11,12)(H,13,14,15). The van der Waals surface area contributed by atoms with E-state index in [0.29, 0.717) is 0 Å². The van der Waals surface area contributed by atoms with Gasteiger partial charge in [0.1, 0.15) is 0 Å². The van der Waals surface area contributed by atoms with E-state index in [2.05, 4.69) is 0 Å². The number of halogens is 6. The Labute approximate surface area is 83.4 Å². The first-order valence-corrected chi connectivity index (χ1v) is 4.47. The van der Waals surface area contributed by atoms with Crippen molar-refractivity contribution >= 4 is 16.1 Å². The van der Waals surface area contributed by atoms with Crippen molar-refractivity contribution in [3.63, 3.8) is 0 Å². The van der Waals surface area contributed by atoms with Crippen LogP contribution in [-0.2, 0) is 14.9 Å². The largest absolute Gasteiger partial charge is 0.478 e. The van der Waals surface area contributed by atoms with Crippen LogP contribution in [0.2, 0.25) is 0 Å². The van der Waals surface area contributed by atoms with Crippen molar-refractivity contribution in [2.45, 2.75) is 17.1 Å². The van der Waals surface area contributed by atoms with Crippen molar-refractivity contribution < 1.29 is 49.2 Å². The molecule has 0 radical (unpaired) electrons. The SMILES string of the molecule is O=C(O)C(F)(C(F)(F)C(F)(F)F)S(=O)(=O)O. The summed E-state index contributed by atoms with van der Waals surface area (Å²) in [5.74, 6) is -10.5. The van der Waals surface area contributed by atoms with Crippen LogP contribution in [0.5, 0.6) is 0 Å². The van der Waals surface area contributed by atoms with E-state index >= 15 is 0 Å².